The monoisotopic (exact) mass is 274 g/mol. The Morgan fingerprint density at radius 2 is 1.95 bits per heavy atom. The molecule has 2 rings (SSSR count). The molecular formula is C17H26N2O. The second-order valence-corrected chi connectivity index (χ2v) is 6.09. The molecule has 0 aliphatic heterocycles. The van der Waals surface area contributed by atoms with Gasteiger partial charge in [0.15, 0.2) is 0 Å². The first kappa shape index (κ1) is 14.9. The van der Waals surface area contributed by atoms with E-state index in [1.54, 1.807) is 0 Å². The van der Waals surface area contributed by atoms with Gasteiger partial charge in [0, 0.05) is 23.8 Å². The molecule has 1 aromatic rings. The number of carbonyl (C=O) groups excluding carboxylic acids is 1. The fourth-order valence-corrected chi connectivity index (χ4v) is 2.85. The van der Waals surface area contributed by atoms with E-state index in [0.29, 0.717) is 12.5 Å². The van der Waals surface area contributed by atoms with Gasteiger partial charge >= 0.3 is 0 Å². The summed E-state index contributed by atoms with van der Waals surface area (Å²) >= 11 is 0. The molecule has 1 aliphatic carbocycles. The Kier molecular flexibility index (Phi) is 5.05. The van der Waals surface area contributed by atoms with E-state index in [0.717, 1.165) is 23.2 Å². The largest absolute Gasteiger partial charge is 0.382 e. The van der Waals surface area contributed by atoms with Gasteiger partial charge in [0.25, 0.3) is 0 Å². The highest BCUT2D eigenvalue weighted by Crippen LogP contribution is 2.31. The first-order valence-electron chi connectivity index (χ1n) is 7.75. The number of hydrogen-bond acceptors (Lipinski definition) is 2. The van der Waals surface area contributed by atoms with Crippen LogP contribution in [0.25, 0.3) is 0 Å². The Hall–Kier alpha value is -1.51. The van der Waals surface area contributed by atoms with Crippen LogP contribution in [-0.4, -0.2) is 11.9 Å². The van der Waals surface area contributed by atoms with E-state index >= 15 is 0 Å². The average molecular weight is 274 g/mol. The van der Waals surface area contributed by atoms with Gasteiger partial charge in [0.2, 0.25) is 5.91 Å². The molecule has 0 aromatic heterocycles. The number of carbonyl (C=O) groups is 1. The summed E-state index contributed by atoms with van der Waals surface area (Å²) in [5, 5.41) is 6.52. The fourth-order valence-electron chi connectivity index (χ4n) is 2.85. The van der Waals surface area contributed by atoms with E-state index in [1.807, 2.05) is 25.1 Å². The van der Waals surface area contributed by atoms with Gasteiger partial charge in [0.1, 0.15) is 0 Å². The average Bonchev–Trinajstić information content (AvgIpc) is 2.43. The SMILES string of the molecule is CCC(=O)Nc1cccc(NC2CCC(C)C(C)C2)c1. The maximum atomic E-state index is 11.4. The van der Waals surface area contributed by atoms with Crippen molar-refractivity contribution in [1.29, 1.82) is 0 Å². The molecular weight excluding hydrogens is 248 g/mol. The van der Waals surface area contributed by atoms with Crippen molar-refractivity contribution in [2.45, 2.75) is 52.5 Å². The highest BCUT2D eigenvalue weighted by molar-refractivity contribution is 5.90. The Labute approximate surface area is 122 Å². The van der Waals surface area contributed by atoms with Crippen molar-refractivity contribution in [2.24, 2.45) is 11.8 Å². The lowest BCUT2D eigenvalue weighted by atomic mass is 9.79. The Balaban J connectivity index is 1.96. The number of hydrogen-bond donors (Lipinski definition) is 2. The van der Waals surface area contributed by atoms with E-state index in [9.17, 15) is 4.79 Å². The number of rotatable bonds is 4. The minimum absolute atomic E-state index is 0.0577. The zero-order valence-corrected chi connectivity index (χ0v) is 12.8. The molecule has 1 amide bonds. The Bertz CT molecular complexity index is 458. The lowest BCUT2D eigenvalue weighted by molar-refractivity contribution is -0.115. The molecule has 0 saturated heterocycles. The minimum atomic E-state index is 0.0577. The van der Waals surface area contributed by atoms with Gasteiger partial charge in [-0.3, -0.25) is 4.79 Å². The fraction of sp³-hybridized carbons (Fsp3) is 0.588. The third kappa shape index (κ3) is 3.99. The van der Waals surface area contributed by atoms with Crippen molar-refractivity contribution in [3.05, 3.63) is 24.3 Å². The summed E-state index contributed by atoms with van der Waals surface area (Å²) in [6.45, 7) is 6.56. The summed E-state index contributed by atoms with van der Waals surface area (Å²) in [6.07, 6.45) is 4.27. The van der Waals surface area contributed by atoms with Crippen LogP contribution in [0.2, 0.25) is 0 Å². The Morgan fingerprint density at radius 1 is 1.20 bits per heavy atom. The van der Waals surface area contributed by atoms with Gasteiger partial charge < -0.3 is 10.6 Å². The molecule has 110 valence electrons. The molecule has 20 heavy (non-hydrogen) atoms. The molecule has 0 heterocycles. The number of nitrogens with one attached hydrogen (secondary N) is 2. The van der Waals surface area contributed by atoms with Crippen LogP contribution in [0.3, 0.4) is 0 Å². The third-order valence-electron chi connectivity index (χ3n) is 4.44. The smallest absolute Gasteiger partial charge is 0.224 e. The lowest BCUT2D eigenvalue weighted by Crippen LogP contribution is -2.30. The van der Waals surface area contributed by atoms with Gasteiger partial charge in [0.05, 0.1) is 0 Å². The first-order chi connectivity index (χ1) is 9.58. The highest BCUT2D eigenvalue weighted by Gasteiger charge is 2.24. The zero-order chi connectivity index (χ0) is 14.5. The van der Waals surface area contributed by atoms with Gasteiger partial charge in [-0.05, 0) is 49.3 Å². The minimum Gasteiger partial charge on any atom is -0.382 e. The van der Waals surface area contributed by atoms with Crippen molar-refractivity contribution in [3.8, 4) is 0 Å². The summed E-state index contributed by atoms with van der Waals surface area (Å²) < 4.78 is 0. The first-order valence-corrected chi connectivity index (χ1v) is 7.75. The highest BCUT2D eigenvalue weighted by atomic mass is 16.1. The van der Waals surface area contributed by atoms with Crippen molar-refractivity contribution in [3.63, 3.8) is 0 Å². The van der Waals surface area contributed by atoms with Crippen LogP contribution in [0.5, 0.6) is 0 Å². The standard InChI is InChI=1S/C17H26N2O/c1-4-17(20)19-15-7-5-6-14(11-15)18-16-9-8-12(2)13(3)10-16/h5-7,11-13,16,18H,4,8-10H2,1-3H3,(H,19,20). The molecule has 1 saturated carbocycles. The van der Waals surface area contributed by atoms with E-state index < -0.39 is 0 Å². The molecule has 0 bridgehead atoms. The van der Waals surface area contributed by atoms with Crippen molar-refractivity contribution >= 4 is 17.3 Å². The molecule has 0 spiro atoms. The maximum Gasteiger partial charge on any atom is 0.224 e. The molecule has 1 fully saturated rings. The summed E-state index contributed by atoms with van der Waals surface area (Å²) in [5.41, 5.74) is 1.98. The third-order valence-corrected chi connectivity index (χ3v) is 4.44. The maximum absolute atomic E-state index is 11.4. The summed E-state index contributed by atoms with van der Waals surface area (Å²) in [5.74, 6) is 1.68. The van der Waals surface area contributed by atoms with Crippen molar-refractivity contribution < 1.29 is 4.79 Å². The van der Waals surface area contributed by atoms with Crippen molar-refractivity contribution in [1.82, 2.24) is 0 Å². The van der Waals surface area contributed by atoms with Gasteiger partial charge in [-0.2, -0.15) is 0 Å². The van der Waals surface area contributed by atoms with Crippen molar-refractivity contribution in [2.75, 3.05) is 10.6 Å². The van der Waals surface area contributed by atoms with Gasteiger partial charge in [-0.15, -0.1) is 0 Å². The van der Waals surface area contributed by atoms with E-state index in [2.05, 4.69) is 30.5 Å². The quantitative estimate of drug-likeness (QED) is 0.860. The van der Waals surface area contributed by atoms with Gasteiger partial charge in [-0.25, -0.2) is 0 Å². The summed E-state index contributed by atoms with van der Waals surface area (Å²) in [6, 6.07) is 8.58. The zero-order valence-electron chi connectivity index (χ0n) is 12.8. The van der Waals surface area contributed by atoms with Crippen LogP contribution in [0.1, 0.15) is 46.5 Å². The van der Waals surface area contributed by atoms with E-state index in [4.69, 9.17) is 0 Å². The van der Waals surface area contributed by atoms with Crippen LogP contribution < -0.4 is 10.6 Å². The molecule has 0 radical (unpaired) electrons. The predicted octanol–water partition coefficient (Wildman–Crippen LogP) is 4.27. The van der Waals surface area contributed by atoms with Gasteiger partial charge in [-0.1, -0.05) is 26.8 Å². The second-order valence-electron chi connectivity index (χ2n) is 6.09. The molecule has 2 N–H and O–H groups in total. The number of anilines is 2. The normalized spacial score (nSPS) is 26.1. The number of benzene rings is 1. The van der Waals surface area contributed by atoms with Crippen LogP contribution in [-0.2, 0) is 4.79 Å². The van der Waals surface area contributed by atoms with Crippen LogP contribution in [0.4, 0.5) is 11.4 Å². The predicted molar refractivity (Wildman–Crippen MR) is 85.0 cm³/mol. The molecule has 3 unspecified atom stereocenters. The summed E-state index contributed by atoms with van der Waals surface area (Å²) in [4.78, 5) is 11.4. The molecule has 1 aliphatic rings. The number of amides is 1. The Morgan fingerprint density at radius 3 is 2.65 bits per heavy atom. The topological polar surface area (TPSA) is 41.1 Å². The second kappa shape index (κ2) is 6.78. The van der Waals surface area contributed by atoms with Crippen LogP contribution >= 0.6 is 0 Å². The summed E-state index contributed by atoms with van der Waals surface area (Å²) in [7, 11) is 0. The molecule has 3 nitrogen and oxygen atoms in total. The molecule has 3 heteroatoms. The molecule has 1 aromatic carbocycles. The molecule has 3 atom stereocenters. The van der Waals surface area contributed by atoms with Crippen LogP contribution in [0.15, 0.2) is 24.3 Å². The van der Waals surface area contributed by atoms with E-state index in [1.165, 1.54) is 19.3 Å². The van der Waals surface area contributed by atoms with Crippen LogP contribution in [0, 0.1) is 11.8 Å². The lowest BCUT2D eigenvalue weighted by Gasteiger charge is -2.33. The van der Waals surface area contributed by atoms with E-state index in [-0.39, 0.29) is 5.91 Å².